The van der Waals surface area contributed by atoms with Crippen LogP contribution in [0.15, 0.2) is 12.7 Å². The highest BCUT2D eigenvalue weighted by atomic mass is 28.5. The van der Waals surface area contributed by atoms with Crippen LogP contribution in [-0.2, 0) is 12.3 Å². The van der Waals surface area contributed by atoms with Crippen molar-refractivity contribution >= 4 is 33.8 Å². The molecule has 22 heavy (non-hydrogen) atoms. The molecule has 0 spiro atoms. The maximum Gasteiger partial charge on any atom is 0.315 e. The Morgan fingerprint density at radius 1 is 0.727 bits per heavy atom. The van der Waals surface area contributed by atoms with Gasteiger partial charge in [0.2, 0.25) is 0 Å². The van der Waals surface area contributed by atoms with E-state index in [9.17, 15) is 0 Å². The number of rotatable bonds is 11. The average molecular weight is 379 g/mol. The third-order valence-electron chi connectivity index (χ3n) is 2.82. The Bertz CT molecular complexity index is 348. The van der Waals surface area contributed by atoms with Crippen molar-refractivity contribution in [3.63, 3.8) is 0 Å². The molecular weight excluding hydrogens is 341 g/mol. The largest absolute Gasteiger partial charge is 0.437 e. The minimum Gasteiger partial charge on any atom is -0.437 e. The minimum absolute atomic E-state index is 1.05. The maximum absolute atomic E-state index is 6.63. The summed E-state index contributed by atoms with van der Waals surface area (Å²) in [6, 6.07) is 1.05. The van der Waals surface area contributed by atoms with Gasteiger partial charge in [-0.15, -0.1) is 6.58 Å². The van der Waals surface area contributed by atoms with Gasteiger partial charge in [-0.05, 0) is 77.8 Å². The monoisotopic (exact) mass is 378 g/mol. The molecule has 0 heterocycles. The van der Waals surface area contributed by atoms with E-state index in [0.29, 0.717) is 0 Å². The van der Waals surface area contributed by atoms with Crippen molar-refractivity contribution in [2.45, 2.75) is 84.2 Å². The molecule has 0 bridgehead atoms. The fraction of sp³-hybridized carbons (Fsp3) is 0.867. The molecule has 0 aliphatic rings. The van der Waals surface area contributed by atoms with Crippen molar-refractivity contribution in [2.75, 3.05) is 0 Å². The molecule has 0 saturated heterocycles. The van der Waals surface area contributed by atoms with E-state index in [1.54, 1.807) is 0 Å². The fourth-order valence-electron chi connectivity index (χ4n) is 2.78. The molecule has 1 atom stereocenters. The first-order valence-electron chi connectivity index (χ1n) is 8.39. The molecule has 0 aromatic rings. The maximum atomic E-state index is 6.63. The molecule has 0 aliphatic carbocycles. The molecule has 0 saturated carbocycles. The summed E-state index contributed by atoms with van der Waals surface area (Å²) < 4.78 is 19.6. The molecule has 0 radical (unpaired) electrons. The fourth-order valence-corrected chi connectivity index (χ4v) is 20.8. The second kappa shape index (κ2) is 8.55. The molecule has 0 amide bonds. The SMILES string of the molecule is C=CCCCC[Si](C)(O[Si](C)(C)C)O[Si](C)(C)O[Si](C)(C)C. The van der Waals surface area contributed by atoms with Crippen LogP contribution >= 0.6 is 0 Å². The molecule has 0 N–H and O–H groups in total. The van der Waals surface area contributed by atoms with E-state index in [-0.39, 0.29) is 0 Å². The number of allylic oxidation sites excluding steroid dienone is 1. The van der Waals surface area contributed by atoms with Crippen molar-refractivity contribution in [3.05, 3.63) is 12.7 Å². The van der Waals surface area contributed by atoms with Crippen LogP contribution in [0.2, 0.25) is 65.0 Å². The van der Waals surface area contributed by atoms with E-state index in [4.69, 9.17) is 12.3 Å². The zero-order chi connectivity index (χ0) is 17.7. The Hall–Kier alpha value is 0.488. The molecule has 1 unspecified atom stereocenters. The van der Waals surface area contributed by atoms with Crippen LogP contribution in [0, 0.1) is 0 Å². The Kier molecular flexibility index (Phi) is 8.73. The average Bonchev–Trinajstić information content (AvgIpc) is 2.16. The molecule has 0 aromatic carbocycles. The topological polar surface area (TPSA) is 27.7 Å². The van der Waals surface area contributed by atoms with E-state index in [0.717, 1.165) is 18.9 Å². The normalized spacial score (nSPS) is 16.4. The van der Waals surface area contributed by atoms with Crippen molar-refractivity contribution in [2.24, 2.45) is 0 Å². The predicted octanol–water partition coefficient (Wildman–Crippen LogP) is 5.84. The standard InChI is InChI=1S/C15H38O3Si4/c1-11-12-13-14-15-22(10,17-20(5,6)7)18-21(8,9)16-19(2,3)4/h11H,1,12-15H2,2-10H3. The molecule has 0 rings (SSSR count). The van der Waals surface area contributed by atoms with Crippen LogP contribution in [0.25, 0.3) is 0 Å². The van der Waals surface area contributed by atoms with Gasteiger partial charge in [0.1, 0.15) is 0 Å². The smallest absolute Gasteiger partial charge is 0.315 e. The number of hydrogen-bond donors (Lipinski definition) is 0. The number of hydrogen-bond acceptors (Lipinski definition) is 3. The van der Waals surface area contributed by atoms with Gasteiger partial charge in [-0.2, -0.15) is 0 Å². The van der Waals surface area contributed by atoms with Crippen LogP contribution in [0.4, 0.5) is 0 Å². The Labute approximate surface area is 143 Å². The quantitative estimate of drug-likeness (QED) is 0.257. The van der Waals surface area contributed by atoms with Gasteiger partial charge in [-0.3, -0.25) is 0 Å². The molecule has 3 nitrogen and oxygen atoms in total. The summed E-state index contributed by atoms with van der Waals surface area (Å²) in [6.45, 7) is 23.8. The molecule has 0 aliphatic heterocycles. The summed E-state index contributed by atoms with van der Waals surface area (Å²) in [6.07, 6.45) is 5.38. The lowest BCUT2D eigenvalue weighted by molar-refractivity contribution is 0.322. The summed E-state index contributed by atoms with van der Waals surface area (Å²) in [4.78, 5) is 0. The lowest BCUT2D eigenvalue weighted by atomic mass is 10.2. The Morgan fingerprint density at radius 3 is 1.64 bits per heavy atom. The van der Waals surface area contributed by atoms with Crippen LogP contribution in [0.5, 0.6) is 0 Å². The van der Waals surface area contributed by atoms with E-state index in [1.807, 2.05) is 6.08 Å². The van der Waals surface area contributed by atoms with Crippen molar-refractivity contribution in [1.82, 2.24) is 0 Å². The third-order valence-corrected chi connectivity index (χ3v) is 16.4. The van der Waals surface area contributed by atoms with E-state index < -0.39 is 33.8 Å². The summed E-state index contributed by atoms with van der Waals surface area (Å²) in [5.41, 5.74) is 0. The predicted molar refractivity (Wildman–Crippen MR) is 108 cm³/mol. The zero-order valence-corrected chi connectivity index (χ0v) is 20.3. The van der Waals surface area contributed by atoms with Gasteiger partial charge in [0.15, 0.2) is 16.6 Å². The Balaban J connectivity index is 4.94. The van der Waals surface area contributed by atoms with Gasteiger partial charge in [0.05, 0.1) is 0 Å². The molecule has 0 aromatic heterocycles. The van der Waals surface area contributed by atoms with Gasteiger partial charge in [0, 0.05) is 0 Å². The van der Waals surface area contributed by atoms with E-state index in [2.05, 4.69) is 65.5 Å². The third kappa shape index (κ3) is 12.0. The van der Waals surface area contributed by atoms with Crippen LogP contribution in [0.1, 0.15) is 19.3 Å². The first-order valence-corrected chi connectivity index (χ1v) is 20.6. The first-order chi connectivity index (χ1) is 9.68. The van der Waals surface area contributed by atoms with Crippen molar-refractivity contribution < 1.29 is 12.3 Å². The summed E-state index contributed by atoms with van der Waals surface area (Å²) in [7, 11) is -7.54. The molecule has 7 heteroatoms. The van der Waals surface area contributed by atoms with E-state index >= 15 is 0 Å². The molecule has 132 valence electrons. The highest BCUT2D eigenvalue weighted by Gasteiger charge is 2.43. The summed E-state index contributed by atoms with van der Waals surface area (Å²) >= 11 is 0. The van der Waals surface area contributed by atoms with Gasteiger partial charge in [-0.25, -0.2) is 0 Å². The Morgan fingerprint density at radius 2 is 1.23 bits per heavy atom. The number of unbranched alkanes of at least 4 members (excludes halogenated alkanes) is 2. The van der Waals surface area contributed by atoms with Gasteiger partial charge in [-0.1, -0.05) is 12.5 Å². The van der Waals surface area contributed by atoms with Crippen LogP contribution in [0.3, 0.4) is 0 Å². The first kappa shape index (κ1) is 22.5. The van der Waals surface area contributed by atoms with Gasteiger partial charge < -0.3 is 12.3 Å². The zero-order valence-electron chi connectivity index (χ0n) is 16.3. The van der Waals surface area contributed by atoms with Crippen LogP contribution in [-0.4, -0.2) is 33.8 Å². The van der Waals surface area contributed by atoms with E-state index in [1.165, 1.54) is 6.42 Å². The summed E-state index contributed by atoms with van der Waals surface area (Å²) in [5.74, 6) is 0. The lowest BCUT2D eigenvalue weighted by Gasteiger charge is -2.41. The highest BCUT2D eigenvalue weighted by molar-refractivity contribution is 6.89. The molecular formula is C15H38O3Si4. The highest BCUT2D eigenvalue weighted by Crippen LogP contribution is 2.28. The van der Waals surface area contributed by atoms with Crippen molar-refractivity contribution in [3.8, 4) is 0 Å². The second-order valence-electron chi connectivity index (χ2n) is 8.60. The van der Waals surface area contributed by atoms with Gasteiger partial charge >= 0.3 is 17.1 Å². The minimum atomic E-state index is -2.18. The van der Waals surface area contributed by atoms with Crippen molar-refractivity contribution in [1.29, 1.82) is 0 Å². The second-order valence-corrected chi connectivity index (χ2v) is 25.1. The molecule has 0 fully saturated rings. The lowest BCUT2D eigenvalue weighted by Crippen LogP contribution is -2.56. The van der Waals surface area contributed by atoms with Gasteiger partial charge in [0.25, 0.3) is 0 Å². The summed E-state index contributed by atoms with van der Waals surface area (Å²) in [5, 5.41) is 0. The van der Waals surface area contributed by atoms with Crippen LogP contribution < -0.4 is 0 Å².